The van der Waals surface area contributed by atoms with E-state index in [2.05, 4.69) is 28.6 Å². The molecular formula is C16H28N4O8S2. The molecule has 4 atom stereocenters. The van der Waals surface area contributed by atoms with E-state index < -0.39 is 60.4 Å². The summed E-state index contributed by atoms with van der Waals surface area (Å²) >= 11 is 5.35. The molecule has 0 rings (SSSR count). The number of amides is 3. The number of nitrogens with two attached hydrogens (primary N) is 1. The number of aliphatic hydroxyl groups is 1. The molecule has 0 aromatic rings. The van der Waals surface area contributed by atoms with Crippen LogP contribution in [0.1, 0.15) is 19.3 Å². The van der Waals surface area contributed by atoms with E-state index in [1.54, 1.807) is 6.26 Å². The number of thiol groups is 1. The quantitative estimate of drug-likeness (QED) is 0.117. The summed E-state index contributed by atoms with van der Waals surface area (Å²) < 4.78 is 0. The number of hydrogen-bond donors (Lipinski definition) is 8. The number of carboxylic acid groups (broad SMARTS) is 2. The van der Waals surface area contributed by atoms with E-state index in [0.717, 1.165) is 0 Å². The average molecular weight is 469 g/mol. The number of thioether (sulfide) groups is 1. The van der Waals surface area contributed by atoms with Crippen LogP contribution in [0.25, 0.3) is 0 Å². The standard InChI is InChI=1S/C16H28N4O8S2/c1-30-5-4-9(16(27)28)18-14(25)10(6-21)19-15(26)11(7-29)20-13(24)8(17)2-3-12(22)23/h8-11,21,29H,2-7,17H2,1H3,(H,18,25)(H,19,26)(H,20,24)(H,22,23)(H,27,28). The van der Waals surface area contributed by atoms with Crippen molar-refractivity contribution in [3.05, 3.63) is 0 Å². The van der Waals surface area contributed by atoms with Crippen LogP contribution in [0.15, 0.2) is 0 Å². The molecule has 4 unspecified atom stereocenters. The van der Waals surface area contributed by atoms with Crippen molar-refractivity contribution in [3.8, 4) is 0 Å². The number of hydrogen-bond acceptors (Lipinski definition) is 9. The van der Waals surface area contributed by atoms with E-state index in [1.807, 2.05) is 0 Å². The molecule has 3 amide bonds. The van der Waals surface area contributed by atoms with Gasteiger partial charge >= 0.3 is 11.9 Å². The van der Waals surface area contributed by atoms with E-state index >= 15 is 0 Å². The van der Waals surface area contributed by atoms with E-state index in [-0.39, 0.29) is 25.0 Å². The van der Waals surface area contributed by atoms with Crippen LogP contribution in [0.4, 0.5) is 0 Å². The monoisotopic (exact) mass is 468 g/mol. The minimum absolute atomic E-state index is 0.142. The second kappa shape index (κ2) is 14.9. The molecule has 0 aliphatic heterocycles. The molecule has 172 valence electrons. The molecule has 0 heterocycles. The molecule has 0 aromatic carbocycles. The summed E-state index contributed by atoms with van der Waals surface area (Å²) in [4.78, 5) is 58.4. The number of nitrogens with one attached hydrogen (secondary N) is 3. The van der Waals surface area contributed by atoms with Gasteiger partial charge in [0.1, 0.15) is 18.1 Å². The first kappa shape index (κ1) is 28.0. The summed E-state index contributed by atoms with van der Waals surface area (Å²) in [5.74, 6) is -4.61. The molecule has 0 fully saturated rings. The van der Waals surface area contributed by atoms with Gasteiger partial charge in [-0.05, 0) is 24.9 Å². The third-order valence-electron chi connectivity index (χ3n) is 3.86. The maximum Gasteiger partial charge on any atom is 0.326 e. The fourth-order valence-corrected chi connectivity index (χ4v) is 2.84. The van der Waals surface area contributed by atoms with Gasteiger partial charge in [-0.25, -0.2) is 4.79 Å². The largest absolute Gasteiger partial charge is 0.481 e. The molecule has 0 bridgehead atoms. The first-order valence-corrected chi connectivity index (χ1v) is 10.9. The predicted octanol–water partition coefficient (Wildman–Crippen LogP) is -2.61. The van der Waals surface area contributed by atoms with Gasteiger partial charge in [-0.15, -0.1) is 0 Å². The number of aliphatic hydroxyl groups excluding tert-OH is 1. The summed E-state index contributed by atoms with van der Waals surface area (Å²) in [6.45, 7) is -0.808. The number of carbonyl (C=O) groups excluding carboxylic acids is 3. The number of rotatable bonds is 15. The van der Waals surface area contributed by atoms with Crippen molar-refractivity contribution in [2.75, 3.05) is 24.4 Å². The van der Waals surface area contributed by atoms with Crippen molar-refractivity contribution in [2.24, 2.45) is 5.73 Å². The van der Waals surface area contributed by atoms with Gasteiger partial charge in [0.15, 0.2) is 0 Å². The average Bonchev–Trinajstić information content (AvgIpc) is 2.70. The lowest BCUT2D eigenvalue weighted by molar-refractivity contribution is -0.142. The Kier molecular flexibility index (Phi) is 13.9. The lowest BCUT2D eigenvalue weighted by atomic mass is 10.1. The molecule has 0 spiro atoms. The van der Waals surface area contributed by atoms with Gasteiger partial charge in [0.05, 0.1) is 12.6 Å². The summed E-state index contributed by atoms with van der Waals surface area (Å²) in [5.41, 5.74) is 5.57. The lowest BCUT2D eigenvalue weighted by Crippen LogP contribution is -2.58. The van der Waals surface area contributed by atoms with Gasteiger partial charge in [-0.1, -0.05) is 0 Å². The highest BCUT2D eigenvalue weighted by molar-refractivity contribution is 7.98. The molecule has 0 aromatic heterocycles. The van der Waals surface area contributed by atoms with Gasteiger partial charge in [-0.2, -0.15) is 24.4 Å². The topological polar surface area (TPSA) is 208 Å². The molecule has 0 saturated carbocycles. The Hall–Kier alpha value is -2.03. The Bertz CT molecular complexity index is 622. The molecule has 14 heteroatoms. The first-order valence-electron chi connectivity index (χ1n) is 8.89. The fourth-order valence-electron chi connectivity index (χ4n) is 2.11. The van der Waals surface area contributed by atoms with Crippen molar-refractivity contribution in [3.63, 3.8) is 0 Å². The van der Waals surface area contributed by atoms with Crippen LogP contribution in [0.3, 0.4) is 0 Å². The summed E-state index contributed by atoms with van der Waals surface area (Å²) in [6.07, 6.45) is 1.45. The molecule has 12 nitrogen and oxygen atoms in total. The second-order valence-corrected chi connectivity index (χ2v) is 7.56. The molecule has 0 radical (unpaired) electrons. The van der Waals surface area contributed by atoms with Crippen molar-refractivity contribution < 1.29 is 39.3 Å². The minimum Gasteiger partial charge on any atom is -0.481 e. The van der Waals surface area contributed by atoms with Gasteiger partial charge in [-0.3, -0.25) is 19.2 Å². The zero-order chi connectivity index (χ0) is 23.3. The van der Waals surface area contributed by atoms with E-state index in [0.29, 0.717) is 5.75 Å². The predicted molar refractivity (Wildman–Crippen MR) is 112 cm³/mol. The molecular weight excluding hydrogens is 440 g/mol. The molecule has 30 heavy (non-hydrogen) atoms. The van der Waals surface area contributed by atoms with Crippen molar-refractivity contribution in [1.82, 2.24) is 16.0 Å². The Morgan fingerprint density at radius 3 is 1.93 bits per heavy atom. The zero-order valence-corrected chi connectivity index (χ0v) is 18.1. The fraction of sp³-hybridized carbons (Fsp3) is 0.688. The first-order chi connectivity index (χ1) is 14.1. The smallest absolute Gasteiger partial charge is 0.326 e. The third kappa shape index (κ3) is 10.7. The Labute approximate surface area is 183 Å². The van der Waals surface area contributed by atoms with Crippen molar-refractivity contribution >= 4 is 54.1 Å². The van der Waals surface area contributed by atoms with Gasteiger partial charge < -0.3 is 37.0 Å². The van der Waals surface area contributed by atoms with Crippen LogP contribution < -0.4 is 21.7 Å². The van der Waals surface area contributed by atoms with Crippen molar-refractivity contribution in [2.45, 2.75) is 43.4 Å². The summed E-state index contributed by atoms with van der Waals surface area (Å²) in [5, 5.41) is 33.9. The summed E-state index contributed by atoms with van der Waals surface area (Å²) in [7, 11) is 0. The summed E-state index contributed by atoms with van der Waals surface area (Å²) in [6, 6.07) is -5.02. The van der Waals surface area contributed by atoms with Crippen LogP contribution in [-0.4, -0.2) is 93.5 Å². The number of carbonyl (C=O) groups is 5. The Morgan fingerprint density at radius 2 is 1.47 bits per heavy atom. The normalized spacial score (nSPS) is 14.7. The zero-order valence-electron chi connectivity index (χ0n) is 16.4. The third-order valence-corrected chi connectivity index (χ3v) is 4.87. The maximum atomic E-state index is 12.3. The van der Waals surface area contributed by atoms with E-state index in [1.165, 1.54) is 11.8 Å². The van der Waals surface area contributed by atoms with Crippen LogP contribution in [0.2, 0.25) is 0 Å². The molecule has 0 saturated heterocycles. The van der Waals surface area contributed by atoms with Crippen LogP contribution in [0.5, 0.6) is 0 Å². The maximum absolute atomic E-state index is 12.3. The highest BCUT2D eigenvalue weighted by Crippen LogP contribution is 2.02. The van der Waals surface area contributed by atoms with Crippen LogP contribution in [-0.2, 0) is 24.0 Å². The van der Waals surface area contributed by atoms with Gasteiger partial charge in [0, 0.05) is 12.2 Å². The SMILES string of the molecule is CSCCC(NC(=O)C(CO)NC(=O)C(CS)NC(=O)C(N)CCC(=O)O)C(=O)O. The second-order valence-electron chi connectivity index (χ2n) is 6.21. The number of aliphatic carboxylic acids is 2. The highest BCUT2D eigenvalue weighted by Gasteiger charge is 2.29. The van der Waals surface area contributed by atoms with Gasteiger partial charge in [0.2, 0.25) is 17.7 Å². The van der Waals surface area contributed by atoms with Crippen LogP contribution >= 0.6 is 24.4 Å². The van der Waals surface area contributed by atoms with E-state index in [4.69, 9.17) is 15.9 Å². The minimum atomic E-state index is -1.45. The molecule has 0 aliphatic rings. The number of carboxylic acids is 2. The molecule has 0 aliphatic carbocycles. The Morgan fingerprint density at radius 1 is 0.933 bits per heavy atom. The molecule has 8 N–H and O–H groups in total. The lowest BCUT2D eigenvalue weighted by Gasteiger charge is -2.23. The van der Waals surface area contributed by atoms with E-state index in [9.17, 15) is 29.1 Å². The Balaban J connectivity index is 4.91. The van der Waals surface area contributed by atoms with Crippen LogP contribution in [0, 0.1) is 0 Å². The van der Waals surface area contributed by atoms with Gasteiger partial charge in [0.25, 0.3) is 0 Å². The van der Waals surface area contributed by atoms with Crippen molar-refractivity contribution in [1.29, 1.82) is 0 Å². The highest BCUT2D eigenvalue weighted by atomic mass is 32.2.